The van der Waals surface area contributed by atoms with Gasteiger partial charge in [-0.3, -0.25) is 4.79 Å². The second-order valence-electron chi connectivity index (χ2n) is 4.37. The molecule has 104 valence electrons. The number of nitrogen functional groups attached to an aromatic ring is 1. The van der Waals surface area contributed by atoms with Gasteiger partial charge in [-0.2, -0.15) is 0 Å². The van der Waals surface area contributed by atoms with Crippen molar-refractivity contribution in [1.29, 1.82) is 0 Å². The van der Waals surface area contributed by atoms with Crippen LogP contribution in [0.3, 0.4) is 0 Å². The Kier molecular flexibility index (Phi) is 5.17. The summed E-state index contributed by atoms with van der Waals surface area (Å²) in [7, 11) is 1.29. The van der Waals surface area contributed by atoms with Crippen LogP contribution in [0.5, 0.6) is 0 Å². The molecule has 0 saturated heterocycles. The first-order valence-corrected chi connectivity index (χ1v) is 5.95. The Hall–Kier alpha value is -2.24. The zero-order chi connectivity index (χ0) is 14.4. The fraction of sp³-hybridized carbons (Fsp3) is 0.385. The zero-order valence-corrected chi connectivity index (χ0v) is 11.3. The predicted octanol–water partition coefficient (Wildman–Crippen LogP) is 0.992. The van der Waals surface area contributed by atoms with Crippen molar-refractivity contribution >= 4 is 23.3 Å². The molecule has 0 fully saturated rings. The number of nitrogens with two attached hydrogens (primary N) is 1. The van der Waals surface area contributed by atoms with Crippen LogP contribution in [0.2, 0.25) is 0 Å². The van der Waals surface area contributed by atoms with E-state index in [1.165, 1.54) is 7.11 Å². The molecule has 0 aliphatic carbocycles. The van der Waals surface area contributed by atoms with Gasteiger partial charge in [0.2, 0.25) is 5.91 Å². The molecule has 0 bridgehead atoms. The number of rotatable bonds is 5. The van der Waals surface area contributed by atoms with Gasteiger partial charge in [0, 0.05) is 17.4 Å². The van der Waals surface area contributed by atoms with Gasteiger partial charge in [-0.05, 0) is 32.0 Å². The van der Waals surface area contributed by atoms with Crippen LogP contribution < -0.4 is 16.4 Å². The number of anilines is 2. The molecule has 0 aromatic heterocycles. The number of esters is 1. The number of hydrogen-bond donors (Lipinski definition) is 3. The van der Waals surface area contributed by atoms with Gasteiger partial charge >= 0.3 is 5.97 Å². The first-order chi connectivity index (χ1) is 8.93. The lowest BCUT2D eigenvalue weighted by atomic mass is 10.1. The van der Waals surface area contributed by atoms with Crippen molar-refractivity contribution in [3.8, 4) is 0 Å². The summed E-state index contributed by atoms with van der Waals surface area (Å²) in [4.78, 5) is 22.9. The molecule has 1 aromatic rings. The van der Waals surface area contributed by atoms with Crippen LogP contribution in [0.15, 0.2) is 18.2 Å². The minimum Gasteiger partial charge on any atom is -0.465 e. The molecule has 0 aliphatic rings. The molecular weight excluding hydrogens is 246 g/mol. The number of carbonyl (C=O) groups is 2. The predicted molar refractivity (Wildman–Crippen MR) is 74.0 cm³/mol. The number of nitrogens with one attached hydrogen (secondary N) is 2. The van der Waals surface area contributed by atoms with Crippen LogP contribution in [0, 0.1) is 0 Å². The molecule has 1 rings (SSSR count). The number of benzene rings is 1. The molecule has 0 saturated carbocycles. The Morgan fingerprint density at radius 3 is 2.63 bits per heavy atom. The van der Waals surface area contributed by atoms with Crippen molar-refractivity contribution in [2.24, 2.45) is 0 Å². The smallest absolute Gasteiger partial charge is 0.340 e. The van der Waals surface area contributed by atoms with E-state index < -0.39 is 5.97 Å². The Balaban J connectivity index is 2.70. The molecule has 6 nitrogen and oxygen atoms in total. The molecule has 0 heterocycles. The summed E-state index contributed by atoms with van der Waals surface area (Å²) >= 11 is 0. The minimum absolute atomic E-state index is 0.0892. The maximum atomic E-state index is 11.5. The number of carbonyl (C=O) groups excluding carboxylic acids is 2. The summed E-state index contributed by atoms with van der Waals surface area (Å²) in [6.07, 6.45) is 0. The highest BCUT2D eigenvalue weighted by atomic mass is 16.5. The summed E-state index contributed by atoms with van der Waals surface area (Å²) in [6, 6.07) is 4.94. The van der Waals surface area contributed by atoms with Crippen molar-refractivity contribution < 1.29 is 14.3 Å². The molecule has 0 unspecified atom stereocenters. The normalized spacial score (nSPS) is 10.1. The van der Waals surface area contributed by atoms with Gasteiger partial charge in [-0.15, -0.1) is 0 Å². The fourth-order valence-electron chi connectivity index (χ4n) is 1.51. The van der Waals surface area contributed by atoms with Crippen molar-refractivity contribution in [3.05, 3.63) is 23.8 Å². The van der Waals surface area contributed by atoms with E-state index in [1.54, 1.807) is 18.2 Å². The lowest BCUT2D eigenvalue weighted by Crippen LogP contribution is -2.34. The van der Waals surface area contributed by atoms with Crippen LogP contribution in [-0.4, -0.2) is 31.6 Å². The third kappa shape index (κ3) is 4.50. The van der Waals surface area contributed by atoms with Crippen LogP contribution in [0.25, 0.3) is 0 Å². The molecule has 0 spiro atoms. The summed E-state index contributed by atoms with van der Waals surface area (Å²) in [5, 5.41) is 5.68. The van der Waals surface area contributed by atoms with Crippen LogP contribution in [0.4, 0.5) is 11.4 Å². The first kappa shape index (κ1) is 14.8. The molecule has 6 heteroatoms. The van der Waals surface area contributed by atoms with E-state index in [9.17, 15) is 9.59 Å². The van der Waals surface area contributed by atoms with Gasteiger partial charge < -0.3 is 21.1 Å². The van der Waals surface area contributed by atoms with Crippen LogP contribution in [-0.2, 0) is 9.53 Å². The number of hydrogen-bond acceptors (Lipinski definition) is 5. The second-order valence-corrected chi connectivity index (χ2v) is 4.37. The van der Waals surface area contributed by atoms with Crippen LogP contribution in [0.1, 0.15) is 24.2 Å². The first-order valence-electron chi connectivity index (χ1n) is 5.95. The van der Waals surface area contributed by atoms with Crippen molar-refractivity contribution in [3.63, 3.8) is 0 Å². The lowest BCUT2D eigenvalue weighted by Gasteiger charge is -2.11. The van der Waals surface area contributed by atoms with Gasteiger partial charge in [0.05, 0.1) is 19.2 Å². The summed E-state index contributed by atoms with van der Waals surface area (Å²) in [6.45, 7) is 3.90. The highest BCUT2D eigenvalue weighted by Gasteiger charge is 2.11. The van der Waals surface area contributed by atoms with Gasteiger partial charge in [0.25, 0.3) is 0 Å². The number of ether oxygens (including phenoxy) is 1. The van der Waals surface area contributed by atoms with E-state index >= 15 is 0 Å². The second kappa shape index (κ2) is 6.63. The standard InChI is InChI=1S/C13H19N3O3/c1-8(2)16-12(17)7-15-9-4-5-11(14)10(6-9)13(18)19-3/h4-6,8,15H,7,14H2,1-3H3,(H,16,17). The maximum absolute atomic E-state index is 11.5. The Morgan fingerprint density at radius 2 is 2.05 bits per heavy atom. The highest BCUT2D eigenvalue weighted by Crippen LogP contribution is 2.18. The third-order valence-electron chi connectivity index (χ3n) is 2.36. The van der Waals surface area contributed by atoms with Gasteiger partial charge in [0.15, 0.2) is 0 Å². The average molecular weight is 265 g/mol. The number of methoxy groups -OCH3 is 1. The average Bonchev–Trinajstić information content (AvgIpc) is 2.36. The molecule has 0 radical (unpaired) electrons. The quantitative estimate of drug-likeness (QED) is 0.545. The minimum atomic E-state index is -0.507. The van der Waals surface area contributed by atoms with Crippen molar-refractivity contribution in [2.75, 3.05) is 24.7 Å². The van der Waals surface area contributed by atoms with E-state index in [4.69, 9.17) is 5.73 Å². The van der Waals surface area contributed by atoms with E-state index in [0.717, 1.165) is 0 Å². The van der Waals surface area contributed by atoms with E-state index in [-0.39, 0.29) is 24.1 Å². The van der Waals surface area contributed by atoms with E-state index in [1.807, 2.05) is 13.8 Å². The molecule has 1 amide bonds. The molecular formula is C13H19N3O3. The van der Waals surface area contributed by atoms with Crippen LogP contribution >= 0.6 is 0 Å². The SMILES string of the molecule is COC(=O)c1cc(NCC(=O)NC(C)C)ccc1N. The van der Waals surface area contributed by atoms with E-state index in [2.05, 4.69) is 15.4 Å². The van der Waals surface area contributed by atoms with E-state index in [0.29, 0.717) is 11.4 Å². The molecule has 1 aromatic carbocycles. The molecule has 19 heavy (non-hydrogen) atoms. The Morgan fingerprint density at radius 1 is 1.37 bits per heavy atom. The largest absolute Gasteiger partial charge is 0.465 e. The molecule has 0 aliphatic heterocycles. The molecule has 0 atom stereocenters. The van der Waals surface area contributed by atoms with Gasteiger partial charge in [-0.25, -0.2) is 4.79 Å². The highest BCUT2D eigenvalue weighted by molar-refractivity contribution is 5.96. The maximum Gasteiger partial charge on any atom is 0.340 e. The fourth-order valence-corrected chi connectivity index (χ4v) is 1.51. The Labute approximate surface area is 112 Å². The zero-order valence-electron chi connectivity index (χ0n) is 11.3. The van der Waals surface area contributed by atoms with Crippen molar-refractivity contribution in [1.82, 2.24) is 5.32 Å². The van der Waals surface area contributed by atoms with Gasteiger partial charge in [-0.1, -0.05) is 0 Å². The lowest BCUT2D eigenvalue weighted by molar-refractivity contribution is -0.119. The third-order valence-corrected chi connectivity index (χ3v) is 2.36. The summed E-state index contributed by atoms with van der Waals surface area (Å²) < 4.78 is 4.62. The van der Waals surface area contributed by atoms with Crippen molar-refractivity contribution in [2.45, 2.75) is 19.9 Å². The topological polar surface area (TPSA) is 93.4 Å². The number of amides is 1. The molecule has 4 N–H and O–H groups in total. The van der Waals surface area contributed by atoms with Gasteiger partial charge in [0.1, 0.15) is 0 Å². The summed E-state index contributed by atoms with van der Waals surface area (Å²) in [5.41, 5.74) is 6.92. The monoisotopic (exact) mass is 265 g/mol. The Bertz CT molecular complexity index is 472. The summed E-state index contributed by atoms with van der Waals surface area (Å²) in [5.74, 6) is -0.626.